The molecule has 76 valence electrons. The van der Waals surface area contributed by atoms with E-state index in [2.05, 4.69) is 20.8 Å². The van der Waals surface area contributed by atoms with Gasteiger partial charge in [0.1, 0.15) is 0 Å². The van der Waals surface area contributed by atoms with Gasteiger partial charge in [0.2, 0.25) is 5.91 Å². The standard InChI is InChI=1S/C11H21NO/c1-9(2)8-11(4)6-5-7-12(11)10(3)13/h9H,5-8H2,1-4H3. The van der Waals surface area contributed by atoms with Crippen molar-refractivity contribution in [1.82, 2.24) is 4.90 Å². The number of hydrogen-bond donors (Lipinski definition) is 0. The Kier molecular flexibility index (Phi) is 2.99. The number of hydrogen-bond acceptors (Lipinski definition) is 1. The maximum Gasteiger partial charge on any atom is 0.219 e. The maximum absolute atomic E-state index is 11.4. The number of carbonyl (C=O) groups is 1. The summed E-state index contributed by atoms with van der Waals surface area (Å²) in [6.45, 7) is 9.31. The van der Waals surface area contributed by atoms with Crippen LogP contribution >= 0.6 is 0 Å². The molecule has 0 radical (unpaired) electrons. The number of carbonyl (C=O) groups excluding carboxylic acids is 1. The molecule has 1 aliphatic rings. The van der Waals surface area contributed by atoms with Crippen LogP contribution in [0.2, 0.25) is 0 Å². The van der Waals surface area contributed by atoms with Gasteiger partial charge >= 0.3 is 0 Å². The van der Waals surface area contributed by atoms with E-state index >= 15 is 0 Å². The lowest BCUT2D eigenvalue weighted by Crippen LogP contribution is -2.44. The van der Waals surface area contributed by atoms with Gasteiger partial charge < -0.3 is 4.90 Å². The van der Waals surface area contributed by atoms with Crippen LogP contribution in [0.4, 0.5) is 0 Å². The second kappa shape index (κ2) is 3.69. The van der Waals surface area contributed by atoms with Crippen molar-refractivity contribution in [3.05, 3.63) is 0 Å². The van der Waals surface area contributed by atoms with Gasteiger partial charge in [0.15, 0.2) is 0 Å². The fourth-order valence-electron chi connectivity index (χ4n) is 2.65. The molecule has 0 spiro atoms. The van der Waals surface area contributed by atoms with E-state index in [1.807, 2.05) is 4.90 Å². The summed E-state index contributed by atoms with van der Waals surface area (Å²) in [5, 5.41) is 0. The van der Waals surface area contributed by atoms with Gasteiger partial charge in [0.05, 0.1) is 0 Å². The third-order valence-electron chi connectivity index (χ3n) is 2.98. The molecule has 0 aromatic heterocycles. The van der Waals surface area contributed by atoms with Crippen molar-refractivity contribution >= 4 is 5.91 Å². The van der Waals surface area contributed by atoms with Gasteiger partial charge in [-0.1, -0.05) is 13.8 Å². The number of nitrogens with zero attached hydrogens (tertiary/aromatic N) is 1. The summed E-state index contributed by atoms with van der Waals surface area (Å²) < 4.78 is 0. The molecule has 1 heterocycles. The lowest BCUT2D eigenvalue weighted by molar-refractivity contribution is -0.132. The van der Waals surface area contributed by atoms with Gasteiger partial charge in [0, 0.05) is 19.0 Å². The van der Waals surface area contributed by atoms with Crippen LogP contribution in [-0.2, 0) is 4.79 Å². The van der Waals surface area contributed by atoms with Crippen molar-refractivity contribution in [3.8, 4) is 0 Å². The number of amides is 1. The molecule has 1 unspecified atom stereocenters. The first-order valence-electron chi connectivity index (χ1n) is 5.24. The predicted octanol–water partition coefficient (Wildman–Crippen LogP) is 2.43. The normalized spacial score (nSPS) is 28.5. The van der Waals surface area contributed by atoms with Crippen molar-refractivity contribution in [1.29, 1.82) is 0 Å². The summed E-state index contributed by atoms with van der Waals surface area (Å²) in [5.74, 6) is 0.908. The summed E-state index contributed by atoms with van der Waals surface area (Å²) in [6, 6.07) is 0. The Morgan fingerprint density at radius 3 is 2.62 bits per heavy atom. The van der Waals surface area contributed by atoms with E-state index in [1.54, 1.807) is 6.92 Å². The minimum absolute atomic E-state index is 0.139. The van der Waals surface area contributed by atoms with Crippen LogP contribution in [0.3, 0.4) is 0 Å². The molecule has 1 fully saturated rings. The van der Waals surface area contributed by atoms with E-state index in [-0.39, 0.29) is 11.4 Å². The Morgan fingerprint density at radius 2 is 2.15 bits per heavy atom. The second-order valence-corrected chi connectivity index (χ2v) is 4.87. The minimum atomic E-state index is 0.139. The van der Waals surface area contributed by atoms with Crippen molar-refractivity contribution in [3.63, 3.8) is 0 Å². The van der Waals surface area contributed by atoms with Gasteiger partial charge in [-0.3, -0.25) is 4.79 Å². The Balaban J connectivity index is 2.69. The van der Waals surface area contributed by atoms with Crippen LogP contribution in [0.15, 0.2) is 0 Å². The van der Waals surface area contributed by atoms with Crippen LogP contribution in [0.1, 0.15) is 47.0 Å². The Morgan fingerprint density at radius 1 is 1.54 bits per heavy atom. The Bertz CT molecular complexity index is 200. The Hall–Kier alpha value is -0.530. The molecule has 0 aromatic rings. The largest absolute Gasteiger partial charge is 0.338 e. The third-order valence-corrected chi connectivity index (χ3v) is 2.98. The zero-order chi connectivity index (χ0) is 10.1. The molecule has 0 aromatic carbocycles. The second-order valence-electron chi connectivity index (χ2n) is 4.87. The molecule has 1 saturated heterocycles. The first kappa shape index (κ1) is 10.6. The topological polar surface area (TPSA) is 20.3 Å². The molecule has 0 aliphatic carbocycles. The van der Waals surface area contributed by atoms with Crippen molar-refractivity contribution in [2.45, 2.75) is 52.5 Å². The van der Waals surface area contributed by atoms with Crippen LogP contribution in [-0.4, -0.2) is 22.9 Å². The van der Waals surface area contributed by atoms with E-state index in [1.165, 1.54) is 12.8 Å². The molecule has 2 nitrogen and oxygen atoms in total. The molecule has 1 atom stereocenters. The average molecular weight is 183 g/mol. The SMILES string of the molecule is CC(=O)N1CCCC1(C)CC(C)C. The summed E-state index contributed by atoms with van der Waals surface area (Å²) in [7, 11) is 0. The highest BCUT2D eigenvalue weighted by Gasteiger charge is 2.38. The highest BCUT2D eigenvalue weighted by Crippen LogP contribution is 2.34. The van der Waals surface area contributed by atoms with E-state index in [4.69, 9.17) is 0 Å². The lowest BCUT2D eigenvalue weighted by atomic mass is 9.88. The van der Waals surface area contributed by atoms with Crippen LogP contribution in [0, 0.1) is 5.92 Å². The first-order chi connectivity index (χ1) is 5.96. The van der Waals surface area contributed by atoms with E-state index in [9.17, 15) is 4.79 Å². The third kappa shape index (κ3) is 2.23. The van der Waals surface area contributed by atoms with Gasteiger partial charge in [-0.2, -0.15) is 0 Å². The minimum Gasteiger partial charge on any atom is -0.338 e. The molecule has 1 aliphatic heterocycles. The van der Waals surface area contributed by atoms with Gasteiger partial charge in [-0.05, 0) is 32.1 Å². The lowest BCUT2D eigenvalue weighted by Gasteiger charge is -2.36. The van der Waals surface area contributed by atoms with E-state index in [0.717, 1.165) is 13.0 Å². The van der Waals surface area contributed by atoms with E-state index < -0.39 is 0 Å². The predicted molar refractivity (Wildman–Crippen MR) is 54.5 cm³/mol. The number of rotatable bonds is 2. The van der Waals surface area contributed by atoms with E-state index in [0.29, 0.717) is 5.92 Å². The smallest absolute Gasteiger partial charge is 0.219 e. The molecule has 1 rings (SSSR count). The number of likely N-dealkylation sites (tertiary alicyclic amines) is 1. The summed E-state index contributed by atoms with van der Waals surface area (Å²) in [6.07, 6.45) is 3.47. The highest BCUT2D eigenvalue weighted by atomic mass is 16.2. The summed E-state index contributed by atoms with van der Waals surface area (Å²) >= 11 is 0. The van der Waals surface area contributed by atoms with Gasteiger partial charge in [-0.25, -0.2) is 0 Å². The molecule has 1 amide bonds. The molecular weight excluding hydrogens is 162 g/mol. The molecule has 0 saturated carbocycles. The molecule has 2 heteroatoms. The Labute approximate surface area is 81.3 Å². The molecular formula is C11H21NO. The molecule has 13 heavy (non-hydrogen) atoms. The van der Waals surface area contributed by atoms with Crippen molar-refractivity contribution in [2.24, 2.45) is 5.92 Å². The fourth-order valence-corrected chi connectivity index (χ4v) is 2.65. The fraction of sp³-hybridized carbons (Fsp3) is 0.909. The zero-order valence-corrected chi connectivity index (χ0v) is 9.26. The average Bonchev–Trinajstić information content (AvgIpc) is 2.28. The van der Waals surface area contributed by atoms with Crippen molar-refractivity contribution < 1.29 is 4.79 Å². The monoisotopic (exact) mass is 183 g/mol. The molecule has 0 bridgehead atoms. The van der Waals surface area contributed by atoms with Crippen molar-refractivity contribution in [2.75, 3.05) is 6.54 Å². The van der Waals surface area contributed by atoms with Crippen LogP contribution < -0.4 is 0 Å². The first-order valence-corrected chi connectivity index (χ1v) is 5.24. The summed E-state index contributed by atoms with van der Waals surface area (Å²) in [4.78, 5) is 13.4. The van der Waals surface area contributed by atoms with Gasteiger partial charge in [-0.15, -0.1) is 0 Å². The zero-order valence-electron chi connectivity index (χ0n) is 9.26. The maximum atomic E-state index is 11.4. The molecule has 0 N–H and O–H groups in total. The van der Waals surface area contributed by atoms with Crippen LogP contribution in [0.5, 0.6) is 0 Å². The summed E-state index contributed by atoms with van der Waals surface area (Å²) in [5.41, 5.74) is 0.139. The van der Waals surface area contributed by atoms with Crippen LogP contribution in [0.25, 0.3) is 0 Å². The highest BCUT2D eigenvalue weighted by molar-refractivity contribution is 5.74. The van der Waals surface area contributed by atoms with Gasteiger partial charge in [0.25, 0.3) is 0 Å². The quantitative estimate of drug-likeness (QED) is 0.644.